The van der Waals surface area contributed by atoms with Crippen LogP contribution in [-0.2, 0) is 6.54 Å². The van der Waals surface area contributed by atoms with E-state index in [0.717, 1.165) is 39.8 Å². The van der Waals surface area contributed by atoms with E-state index in [1.165, 1.54) is 16.7 Å². The van der Waals surface area contributed by atoms with E-state index in [0.29, 0.717) is 5.92 Å². The van der Waals surface area contributed by atoms with Gasteiger partial charge in [0.1, 0.15) is 16.5 Å². The molecular weight excluding hydrogens is 467 g/mol. The number of rotatable bonds is 12. The van der Waals surface area contributed by atoms with Gasteiger partial charge in [-0.15, -0.1) is 0 Å². The highest BCUT2D eigenvalue weighted by molar-refractivity contribution is 6.96. The Bertz CT molecular complexity index is 837. The fourth-order valence-corrected chi connectivity index (χ4v) is 28.5. The molecule has 0 aromatic heterocycles. The van der Waals surface area contributed by atoms with E-state index in [1.807, 2.05) is 0 Å². The molecule has 2 aromatic carbocycles. The molecule has 2 aromatic rings. The molecule has 2 rings (SSSR count). The summed E-state index contributed by atoms with van der Waals surface area (Å²) in [6, 6.07) is 20.6. The predicted octanol–water partition coefficient (Wildman–Crippen LogP) is 11.0. The van der Waals surface area contributed by atoms with Crippen molar-refractivity contribution < 1.29 is 0 Å². The maximum absolute atomic E-state index is 3.29. The Morgan fingerprint density at radius 2 is 0.806 bits per heavy atom. The van der Waals surface area contributed by atoms with Gasteiger partial charge in [-0.25, -0.2) is 0 Å². The summed E-state index contributed by atoms with van der Waals surface area (Å²) in [5, 5.41) is 0. The van der Waals surface area contributed by atoms with Crippen LogP contribution in [0.25, 0.3) is 0 Å². The first kappa shape index (κ1) is 31.1. The van der Waals surface area contributed by atoms with Gasteiger partial charge in [-0.3, -0.25) is 0 Å². The summed E-state index contributed by atoms with van der Waals surface area (Å²) >= 11 is 0. The maximum Gasteiger partial charge on any atom is 0.129 e. The standard InChI is InChI=1S/C33H57NSi2/c1-24(2)35(25(3)4,26(5)6)34(36(27(7)8,28(9)10)29(11)12)23-31-19-21-33(22-20-31)30(13)32-17-15-14-16-18-32/h14-22,24-30H,23H2,1-13H3. The fraction of sp³-hybridized carbons (Fsp3) is 0.636. The van der Waals surface area contributed by atoms with Crippen molar-refractivity contribution in [2.75, 3.05) is 0 Å². The normalized spacial score (nSPS) is 14.3. The lowest BCUT2D eigenvalue weighted by molar-refractivity contribution is 0.493. The van der Waals surface area contributed by atoms with Gasteiger partial charge in [0.15, 0.2) is 0 Å². The van der Waals surface area contributed by atoms with Crippen molar-refractivity contribution >= 4 is 16.5 Å². The lowest BCUT2D eigenvalue weighted by Crippen LogP contribution is -2.73. The van der Waals surface area contributed by atoms with Gasteiger partial charge in [0.05, 0.1) is 0 Å². The van der Waals surface area contributed by atoms with Crippen LogP contribution in [-0.4, -0.2) is 20.7 Å². The molecule has 202 valence electrons. The molecule has 0 saturated heterocycles. The topological polar surface area (TPSA) is 3.24 Å². The summed E-state index contributed by atoms with van der Waals surface area (Å²) in [4.78, 5) is 0. The van der Waals surface area contributed by atoms with Crippen LogP contribution in [0.2, 0.25) is 33.2 Å². The Morgan fingerprint density at radius 3 is 1.14 bits per heavy atom. The first-order valence-corrected chi connectivity index (χ1v) is 19.0. The number of hydrogen-bond donors (Lipinski definition) is 0. The van der Waals surface area contributed by atoms with Gasteiger partial charge in [0, 0.05) is 12.5 Å². The SMILES string of the molecule is CC(c1ccccc1)c1ccc(CN([Si](C(C)C)(C(C)C)C(C)C)[Si](C(C)C)(C(C)C)C(C)C)cc1. The van der Waals surface area contributed by atoms with Gasteiger partial charge in [0.25, 0.3) is 0 Å². The van der Waals surface area contributed by atoms with Gasteiger partial charge < -0.3 is 4.23 Å². The van der Waals surface area contributed by atoms with E-state index in [-0.39, 0.29) is 0 Å². The Labute approximate surface area is 227 Å². The largest absolute Gasteiger partial charge is 0.340 e. The molecule has 0 fully saturated rings. The monoisotopic (exact) mass is 523 g/mol. The maximum atomic E-state index is 3.29. The fourth-order valence-electron chi connectivity index (χ4n) is 8.51. The van der Waals surface area contributed by atoms with E-state index < -0.39 is 16.5 Å². The lowest BCUT2D eigenvalue weighted by atomic mass is 9.93. The number of hydrogen-bond acceptors (Lipinski definition) is 1. The van der Waals surface area contributed by atoms with Crippen molar-refractivity contribution in [3.8, 4) is 0 Å². The van der Waals surface area contributed by atoms with Crippen LogP contribution in [0.3, 0.4) is 0 Å². The summed E-state index contributed by atoms with van der Waals surface area (Å²) < 4.78 is 3.29. The van der Waals surface area contributed by atoms with Crippen LogP contribution in [0, 0.1) is 0 Å². The summed E-state index contributed by atoms with van der Waals surface area (Å²) in [7, 11) is -3.71. The zero-order valence-corrected chi connectivity index (χ0v) is 27.9. The highest BCUT2D eigenvalue weighted by Gasteiger charge is 2.59. The summed E-state index contributed by atoms with van der Waals surface area (Å²) in [6.45, 7) is 34.0. The smallest absolute Gasteiger partial charge is 0.129 e. The molecule has 0 amide bonds. The molecule has 1 nitrogen and oxygen atoms in total. The van der Waals surface area contributed by atoms with Crippen molar-refractivity contribution in [2.24, 2.45) is 0 Å². The molecule has 0 bridgehead atoms. The average Bonchev–Trinajstić information content (AvgIpc) is 2.79. The molecular formula is C33H57NSi2. The highest BCUT2D eigenvalue weighted by Crippen LogP contribution is 2.54. The molecule has 0 heterocycles. The number of nitrogens with zero attached hydrogens (tertiary/aromatic N) is 1. The van der Waals surface area contributed by atoms with Crippen molar-refractivity contribution in [2.45, 2.75) is 136 Å². The molecule has 0 aliphatic carbocycles. The zero-order valence-electron chi connectivity index (χ0n) is 25.9. The van der Waals surface area contributed by atoms with Gasteiger partial charge in [-0.05, 0) is 49.9 Å². The van der Waals surface area contributed by atoms with Crippen LogP contribution >= 0.6 is 0 Å². The molecule has 0 spiro atoms. The quantitative estimate of drug-likeness (QED) is 0.250. The van der Waals surface area contributed by atoms with Crippen molar-refractivity contribution in [3.63, 3.8) is 0 Å². The second kappa shape index (κ2) is 12.6. The van der Waals surface area contributed by atoms with Crippen LogP contribution < -0.4 is 0 Å². The minimum absolute atomic E-state index is 0.419. The Balaban J connectivity index is 2.67. The molecule has 0 aliphatic heterocycles. The van der Waals surface area contributed by atoms with Gasteiger partial charge in [-0.1, -0.05) is 145 Å². The molecule has 0 saturated carbocycles. The van der Waals surface area contributed by atoms with E-state index in [9.17, 15) is 0 Å². The van der Waals surface area contributed by atoms with Crippen LogP contribution in [0.5, 0.6) is 0 Å². The van der Waals surface area contributed by atoms with E-state index in [1.54, 1.807) is 0 Å². The Kier molecular flexibility index (Phi) is 10.9. The van der Waals surface area contributed by atoms with Crippen LogP contribution in [0.4, 0.5) is 0 Å². The number of benzene rings is 2. The minimum atomic E-state index is -1.86. The Hall–Kier alpha value is -1.17. The second-order valence-electron chi connectivity index (χ2n) is 13.2. The highest BCUT2D eigenvalue weighted by atomic mass is 28.4. The summed E-state index contributed by atoms with van der Waals surface area (Å²) in [5.41, 5.74) is 8.62. The molecule has 1 atom stereocenters. The van der Waals surface area contributed by atoms with Crippen LogP contribution in [0.15, 0.2) is 54.6 Å². The summed E-state index contributed by atoms with van der Waals surface area (Å²) in [5.74, 6) is 0.419. The third-order valence-corrected chi connectivity index (χ3v) is 25.2. The average molecular weight is 524 g/mol. The molecule has 1 unspecified atom stereocenters. The van der Waals surface area contributed by atoms with E-state index >= 15 is 0 Å². The van der Waals surface area contributed by atoms with Crippen LogP contribution in [0.1, 0.15) is 113 Å². The van der Waals surface area contributed by atoms with Crippen molar-refractivity contribution in [1.29, 1.82) is 0 Å². The minimum Gasteiger partial charge on any atom is -0.340 e. The van der Waals surface area contributed by atoms with Crippen molar-refractivity contribution in [1.82, 2.24) is 4.23 Å². The second-order valence-corrected chi connectivity index (χ2v) is 25.2. The zero-order chi connectivity index (χ0) is 27.4. The molecule has 0 radical (unpaired) electrons. The Morgan fingerprint density at radius 1 is 0.472 bits per heavy atom. The third kappa shape index (κ3) is 5.64. The molecule has 0 N–H and O–H groups in total. The van der Waals surface area contributed by atoms with Gasteiger partial charge in [0.2, 0.25) is 0 Å². The molecule has 3 heteroatoms. The van der Waals surface area contributed by atoms with Gasteiger partial charge >= 0.3 is 0 Å². The van der Waals surface area contributed by atoms with Gasteiger partial charge in [-0.2, -0.15) is 0 Å². The first-order chi connectivity index (χ1) is 16.7. The van der Waals surface area contributed by atoms with Crippen molar-refractivity contribution in [3.05, 3.63) is 71.3 Å². The van der Waals surface area contributed by atoms with E-state index in [4.69, 9.17) is 0 Å². The first-order valence-electron chi connectivity index (χ1n) is 14.7. The third-order valence-electron chi connectivity index (χ3n) is 9.60. The lowest BCUT2D eigenvalue weighted by Gasteiger charge is -2.63. The van der Waals surface area contributed by atoms with E-state index in [2.05, 4.69) is 149 Å². The molecule has 0 aliphatic rings. The summed E-state index contributed by atoms with van der Waals surface area (Å²) in [6.07, 6.45) is 0. The predicted molar refractivity (Wildman–Crippen MR) is 168 cm³/mol. The molecule has 36 heavy (non-hydrogen) atoms.